The van der Waals surface area contributed by atoms with Gasteiger partial charge in [0.1, 0.15) is 0 Å². The molecule has 0 amide bonds. The molecule has 46 heavy (non-hydrogen) atoms. The molecule has 0 nitrogen and oxygen atoms in total. The Morgan fingerprint density at radius 3 is 1.15 bits per heavy atom. The summed E-state index contributed by atoms with van der Waals surface area (Å²) in [4.78, 5) is 0. The maximum absolute atomic E-state index is 2.57. The highest BCUT2D eigenvalue weighted by molar-refractivity contribution is 6.05. The average Bonchev–Trinajstić information content (AvgIpc) is 3.54. The van der Waals surface area contributed by atoms with Crippen LogP contribution in [0.2, 0.25) is 0 Å². The fourth-order valence-corrected chi connectivity index (χ4v) is 10.4. The van der Waals surface area contributed by atoms with Crippen molar-refractivity contribution in [1.82, 2.24) is 0 Å². The normalized spacial score (nSPS) is 18.3. The van der Waals surface area contributed by atoms with Crippen molar-refractivity contribution in [3.05, 3.63) is 144 Å². The number of fused-ring (bicyclic) bond motifs is 11. The van der Waals surface area contributed by atoms with Gasteiger partial charge in [-0.25, -0.2) is 0 Å². The molecule has 0 heteroatoms. The Morgan fingerprint density at radius 2 is 0.696 bits per heavy atom. The van der Waals surface area contributed by atoms with Crippen LogP contribution in [0.1, 0.15) is 86.5 Å². The first-order valence-electron chi connectivity index (χ1n) is 17.8. The zero-order valence-electron chi connectivity index (χ0n) is 26.6. The first kappa shape index (κ1) is 26.8. The van der Waals surface area contributed by atoms with Crippen LogP contribution in [0.4, 0.5) is 0 Å². The van der Waals surface area contributed by atoms with Gasteiger partial charge in [0, 0.05) is 10.8 Å². The molecule has 0 aliphatic heterocycles. The summed E-state index contributed by atoms with van der Waals surface area (Å²) in [5.41, 5.74) is 17.8. The van der Waals surface area contributed by atoms with Crippen molar-refractivity contribution in [2.75, 3.05) is 0 Å². The maximum Gasteiger partial charge on any atom is 0.0215 e. The van der Waals surface area contributed by atoms with E-state index in [1.165, 1.54) is 119 Å². The van der Waals surface area contributed by atoms with Gasteiger partial charge in [0.05, 0.1) is 0 Å². The molecule has 0 radical (unpaired) electrons. The van der Waals surface area contributed by atoms with Gasteiger partial charge in [0.25, 0.3) is 0 Å². The van der Waals surface area contributed by atoms with Crippen molar-refractivity contribution in [3.8, 4) is 44.5 Å². The van der Waals surface area contributed by atoms with E-state index in [2.05, 4.69) is 121 Å². The van der Waals surface area contributed by atoms with E-state index in [4.69, 9.17) is 0 Å². The maximum atomic E-state index is 2.57. The monoisotopic (exact) mass is 592 g/mol. The SMILES string of the molecule is c1ccc2c(c1)-c1ccc(-c3cccc4c(-c5ccc6c(c5)C5(CCCCC5)c5ccccc5-6)cccc34)cc1C21CCCCC1. The molecule has 6 aromatic carbocycles. The fraction of sp³-hybridized carbons (Fsp3) is 0.261. The minimum Gasteiger partial charge on any atom is -0.0619 e. The fourth-order valence-electron chi connectivity index (χ4n) is 10.4. The third kappa shape index (κ3) is 3.62. The van der Waals surface area contributed by atoms with Crippen LogP contribution in [-0.2, 0) is 10.8 Å². The van der Waals surface area contributed by atoms with Crippen LogP contribution in [-0.4, -0.2) is 0 Å². The van der Waals surface area contributed by atoms with E-state index in [1.54, 1.807) is 22.3 Å². The highest BCUT2D eigenvalue weighted by Gasteiger charge is 2.45. The van der Waals surface area contributed by atoms with Crippen LogP contribution in [0.15, 0.2) is 121 Å². The van der Waals surface area contributed by atoms with Crippen molar-refractivity contribution in [2.24, 2.45) is 0 Å². The second-order valence-electron chi connectivity index (χ2n) is 14.6. The lowest BCUT2D eigenvalue weighted by atomic mass is 9.67. The van der Waals surface area contributed by atoms with Gasteiger partial charge in [-0.05, 0) is 115 Å². The molecule has 0 heterocycles. The van der Waals surface area contributed by atoms with E-state index < -0.39 is 0 Å². The molecular formula is C46H40. The first-order chi connectivity index (χ1) is 22.8. The van der Waals surface area contributed by atoms with Crippen LogP contribution in [0, 0.1) is 0 Å². The number of benzene rings is 6. The molecule has 2 saturated carbocycles. The molecule has 2 fully saturated rings. The minimum absolute atomic E-state index is 0.174. The number of hydrogen-bond donors (Lipinski definition) is 0. The van der Waals surface area contributed by atoms with Gasteiger partial charge < -0.3 is 0 Å². The van der Waals surface area contributed by atoms with Crippen molar-refractivity contribution in [3.63, 3.8) is 0 Å². The summed E-state index contributed by atoms with van der Waals surface area (Å²) in [5, 5.41) is 2.70. The van der Waals surface area contributed by atoms with Crippen molar-refractivity contribution in [2.45, 2.75) is 75.0 Å². The second-order valence-corrected chi connectivity index (χ2v) is 14.6. The Morgan fingerprint density at radius 1 is 0.304 bits per heavy atom. The molecule has 0 atom stereocenters. The Bertz CT molecular complexity index is 2010. The molecule has 2 spiro atoms. The lowest BCUT2D eigenvalue weighted by Crippen LogP contribution is -2.28. The van der Waals surface area contributed by atoms with Gasteiger partial charge in [-0.1, -0.05) is 148 Å². The van der Waals surface area contributed by atoms with Crippen LogP contribution in [0.25, 0.3) is 55.3 Å². The highest BCUT2D eigenvalue weighted by Crippen LogP contribution is 2.58. The van der Waals surface area contributed by atoms with Crippen LogP contribution in [0.3, 0.4) is 0 Å². The van der Waals surface area contributed by atoms with E-state index in [-0.39, 0.29) is 10.8 Å². The molecule has 0 unspecified atom stereocenters. The van der Waals surface area contributed by atoms with Gasteiger partial charge in [0.15, 0.2) is 0 Å². The number of hydrogen-bond acceptors (Lipinski definition) is 0. The summed E-state index contributed by atoms with van der Waals surface area (Å²) in [5.74, 6) is 0. The molecule has 0 bridgehead atoms. The minimum atomic E-state index is 0.174. The van der Waals surface area contributed by atoms with E-state index in [0.29, 0.717) is 0 Å². The number of rotatable bonds is 2. The Balaban J connectivity index is 1.12. The zero-order valence-corrected chi connectivity index (χ0v) is 26.6. The Kier molecular flexibility index (Phi) is 5.84. The van der Waals surface area contributed by atoms with Crippen molar-refractivity contribution >= 4 is 10.8 Å². The summed E-state index contributed by atoms with van der Waals surface area (Å²) in [6.07, 6.45) is 13.1. The van der Waals surface area contributed by atoms with Gasteiger partial charge in [0.2, 0.25) is 0 Å². The quantitative estimate of drug-likeness (QED) is 0.188. The van der Waals surface area contributed by atoms with E-state index >= 15 is 0 Å². The summed E-state index contributed by atoms with van der Waals surface area (Å²) < 4.78 is 0. The molecule has 10 rings (SSSR count). The van der Waals surface area contributed by atoms with Gasteiger partial charge in [-0.15, -0.1) is 0 Å². The molecule has 4 aliphatic carbocycles. The smallest absolute Gasteiger partial charge is 0.0215 e. The van der Waals surface area contributed by atoms with Gasteiger partial charge >= 0.3 is 0 Å². The van der Waals surface area contributed by atoms with E-state index in [9.17, 15) is 0 Å². The zero-order chi connectivity index (χ0) is 30.3. The van der Waals surface area contributed by atoms with Crippen molar-refractivity contribution in [1.29, 1.82) is 0 Å². The lowest BCUT2D eigenvalue weighted by Gasteiger charge is -2.36. The molecule has 0 aromatic heterocycles. The average molecular weight is 593 g/mol. The summed E-state index contributed by atoms with van der Waals surface area (Å²) in [6.45, 7) is 0. The van der Waals surface area contributed by atoms with Crippen LogP contribution in [0.5, 0.6) is 0 Å². The molecule has 0 N–H and O–H groups in total. The highest BCUT2D eigenvalue weighted by atomic mass is 14.5. The summed E-state index contributed by atoms with van der Waals surface area (Å²) in [6, 6.07) is 47.2. The van der Waals surface area contributed by atoms with Gasteiger partial charge in [-0.2, -0.15) is 0 Å². The first-order valence-corrected chi connectivity index (χ1v) is 17.8. The standard InChI is InChI=1S/C46H40/c1-7-25-45(26-8-1)41-19-5-3-13-37(41)39-23-21-31(29-43(39)45)33-15-11-18-36-34(16-12-17-35(33)36)32-22-24-40-38-14-4-6-20-42(38)46(44(40)30-32)27-9-2-10-28-46/h3-6,11-24,29-30H,1-2,7-10,25-28H2. The van der Waals surface area contributed by atoms with Crippen LogP contribution >= 0.6 is 0 Å². The molecule has 224 valence electrons. The third-order valence-corrected chi connectivity index (χ3v) is 12.5. The lowest BCUT2D eigenvalue weighted by molar-refractivity contribution is 0.353. The second kappa shape index (κ2) is 10.0. The molecule has 0 saturated heterocycles. The van der Waals surface area contributed by atoms with E-state index in [1.807, 2.05) is 0 Å². The van der Waals surface area contributed by atoms with Crippen LogP contribution < -0.4 is 0 Å². The molecular weight excluding hydrogens is 553 g/mol. The largest absolute Gasteiger partial charge is 0.0619 e. The summed E-state index contributed by atoms with van der Waals surface area (Å²) in [7, 11) is 0. The predicted octanol–water partition coefficient (Wildman–Crippen LogP) is 12.6. The van der Waals surface area contributed by atoms with Gasteiger partial charge in [-0.3, -0.25) is 0 Å². The molecule has 4 aliphatic rings. The molecule has 6 aromatic rings. The topological polar surface area (TPSA) is 0 Å². The third-order valence-electron chi connectivity index (χ3n) is 12.5. The Labute approximate surface area is 273 Å². The Hall–Kier alpha value is -4.42. The van der Waals surface area contributed by atoms with E-state index in [0.717, 1.165) is 0 Å². The predicted molar refractivity (Wildman–Crippen MR) is 193 cm³/mol. The summed E-state index contributed by atoms with van der Waals surface area (Å²) >= 11 is 0. The van der Waals surface area contributed by atoms with Crippen molar-refractivity contribution < 1.29 is 0 Å².